The maximum absolute atomic E-state index is 12.8. The molecule has 0 atom stereocenters. The summed E-state index contributed by atoms with van der Waals surface area (Å²) in [7, 11) is -2.22. The lowest BCUT2D eigenvalue weighted by Gasteiger charge is -2.28. The first-order valence-electron chi connectivity index (χ1n) is 8.90. The molecule has 3 rings (SSSR count). The van der Waals surface area contributed by atoms with Crippen molar-refractivity contribution >= 4 is 27.3 Å². The van der Waals surface area contributed by atoms with Gasteiger partial charge in [-0.15, -0.1) is 0 Å². The van der Waals surface area contributed by atoms with Crippen LogP contribution in [0.5, 0.6) is 5.75 Å². The van der Waals surface area contributed by atoms with E-state index in [1.54, 1.807) is 42.2 Å². The molecule has 0 spiro atoms. The molecule has 1 heterocycles. The number of aryl methyl sites for hydroxylation is 2. The molecule has 7 heteroatoms. The normalized spacial score (nSPS) is 14.9. The van der Waals surface area contributed by atoms with E-state index in [0.29, 0.717) is 35.7 Å². The number of piperidine rings is 1. The molecule has 1 aliphatic heterocycles. The minimum absolute atomic E-state index is 0.0586. The monoisotopic (exact) mass is 388 g/mol. The number of rotatable bonds is 5. The molecule has 1 N–H and O–H groups in total. The molecule has 2 aromatic carbocycles. The van der Waals surface area contributed by atoms with Crippen LogP contribution in [0.15, 0.2) is 41.3 Å². The van der Waals surface area contributed by atoms with Crippen molar-refractivity contribution in [1.82, 2.24) is 0 Å². The van der Waals surface area contributed by atoms with Gasteiger partial charge in [-0.1, -0.05) is 12.1 Å². The van der Waals surface area contributed by atoms with Gasteiger partial charge in [0.2, 0.25) is 5.91 Å². The molecule has 0 bridgehead atoms. The molecule has 27 heavy (non-hydrogen) atoms. The van der Waals surface area contributed by atoms with Gasteiger partial charge in [-0.2, -0.15) is 0 Å². The van der Waals surface area contributed by atoms with Crippen LogP contribution < -0.4 is 14.4 Å². The van der Waals surface area contributed by atoms with Gasteiger partial charge in [-0.3, -0.25) is 9.52 Å². The Bertz CT molecular complexity index is 970. The van der Waals surface area contributed by atoms with Gasteiger partial charge >= 0.3 is 0 Å². The third-order valence-corrected chi connectivity index (χ3v) is 6.20. The Morgan fingerprint density at radius 2 is 1.85 bits per heavy atom. The summed E-state index contributed by atoms with van der Waals surface area (Å²) in [5.74, 6) is 0.523. The molecule has 1 saturated heterocycles. The third kappa shape index (κ3) is 4.08. The fourth-order valence-corrected chi connectivity index (χ4v) is 4.61. The number of sulfonamides is 1. The van der Waals surface area contributed by atoms with E-state index in [2.05, 4.69) is 4.72 Å². The van der Waals surface area contributed by atoms with Crippen molar-refractivity contribution < 1.29 is 17.9 Å². The number of methoxy groups -OCH3 is 1. The summed E-state index contributed by atoms with van der Waals surface area (Å²) in [6.45, 7) is 4.26. The molecule has 1 aliphatic rings. The lowest BCUT2D eigenvalue weighted by atomic mass is 10.1. The van der Waals surface area contributed by atoms with Gasteiger partial charge < -0.3 is 9.64 Å². The van der Waals surface area contributed by atoms with Crippen molar-refractivity contribution in [2.75, 3.05) is 23.3 Å². The Kier molecular flexibility index (Phi) is 5.41. The van der Waals surface area contributed by atoms with Crippen LogP contribution in [-0.4, -0.2) is 28.0 Å². The summed E-state index contributed by atoms with van der Waals surface area (Å²) in [6.07, 6.45) is 2.35. The lowest BCUT2D eigenvalue weighted by molar-refractivity contribution is -0.119. The average Bonchev–Trinajstić information content (AvgIpc) is 2.64. The maximum atomic E-state index is 12.8. The van der Waals surface area contributed by atoms with Crippen LogP contribution in [0.25, 0.3) is 0 Å². The van der Waals surface area contributed by atoms with Gasteiger partial charge in [0, 0.05) is 19.0 Å². The molecule has 0 aromatic heterocycles. The highest BCUT2D eigenvalue weighted by molar-refractivity contribution is 7.92. The first kappa shape index (κ1) is 19.2. The zero-order valence-corrected chi connectivity index (χ0v) is 16.6. The molecular formula is C20H24N2O4S. The van der Waals surface area contributed by atoms with E-state index in [1.165, 1.54) is 7.11 Å². The number of hydrogen-bond acceptors (Lipinski definition) is 4. The van der Waals surface area contributed by atoms with E-state index < -0.39 is 10.0 Å². The Morgan fingerprint density at radius 3 is 2.56 bits per heavy atom. The topological polar surface area (TPSA) is 75.7 Å². The smallest absolute Gasteiger partial charge is 0.262 e. The van der Waals surface area contributed by atoms with E-state index >= 15 is 0 Å². The molecule has 6 nitrogen and oxygen atoms in total. The fourth-order valence-electron chi connectivity index (χ4n) is 3.23. The predicted molar refractivity (Wildman–Crippen MR) is 106 cm³/mol. The van der Waals surface area contributed by atoms with Crippen LogP contribution in [0, 0.1) is 13.8 Å². The van der Waals surface area contributed by atoms with Gasteiger partial charge in [0.15, 0.2) is 0 Å². The molecule has 0 aliphatic carbocycles. The number of nitrogens with one attached hydrogen (secondary N) is 1. The summed E-state index contributed by atoms with van der Waals surface area (Å²) in [6, 6.07) is 10.3. The van der Waals surface area contributed by atoms with Gasteiger partial charge in [-0.05, 0) is 56.0 Å². The first-order chi connectivity index (χ1) is 12.8. The number of ether oxygens (including phenoxy) is 1. The van der Waals surface area contributed by atoms with Crippen LogP contribution in [0.3, 0.4) is 0 Å². The summed E-state index contributed by atoms with van der Waals surface area (Å²) in [5.41, 5.74) is 2.60. The van der Waals surface area contributed by atoms with Crippen LogP contribution in [0.1, 0.15) is 30.4 Å². The summed E-state index contributed by atoms with van der Waals surface area (Å²) in [4.78, 5) is 14.1. The average molecular weight is 388 g/mol. The highest BCUT2D eigenvalue weighted by Gasteiger charge is 2.23. The van der Waals surface area contributed by atoms with Gasteiger partial charge in [0.05, 0.1) is 23.4 Å². The minimum Gasteiger partial charge on any atom is -0.494 e. The number of carbonyl (C=O) groups excluding carboxylic acids is 1. The van der Waals surface area contributed by atoms with Crippen LogP contribution >= 0.6 is 0 Å². The Balaban J connectivity index is 1.91. The van der Waals surface area contributed by atoms with Crippen molar-refractivity contribution in [1.29, 1.82) is 0 Å². The summed E-state index contributed by atoms with van der Waals surface area (Å²) >= 11 is 0. The molecule has 2 aromatic rings. The number of nitrogens with zero attached hydrogens (tertiary/aromatic N) is 1. The number of carbonyl (C=O) groups is 1. The van der Waals surface area contributed by atoms with E-state index in [-0.39, 0.29) is 10.8 Å². The Labute approximate surface area is 160 Å². The highest BCUT2D eigenvalue weighted by Crippen LogP contribution is 2.34. The second-order valence-electron chi connectivity index (χ2n) is 6.76. The zero-order valence-electron chi connectivity index (χ0n) is 15.8. The Morgan fingerprint density at radius 1 is 1.07 bits per heavy atom. The van der Waals surface area contributed by atoms with E-state index in [0.717, 1.165) is 18.4 Å². The van der Waals surface area contributed by atoms with Gasteiger partial charge in [0.1, 0.15) is 5.75 Å². The molecule has 0 saturated carbocycles. The summed E-state index contributed by atoms with van der Waals surface area (Å²) in [5, 5.41) is 0. The standard InChI is InChI=1S/C20H24N2O4S/c1-14-7-8-15(2)19(12-14)27(24,25)21-16-9-10-17(18(13-16)26-3)22-11-5-4-6-20(22)23/h7-10,12-13,21H,4-6,11H2,1-3H3. The SMILES string of the molecule is COc1cc(NS(=O)(=O)c2cc(C)ccc2C)ccc1N1CCCCC1=O. The second kappa shape index (κ2) is 7.60. The number of benzene rings is 2. The molecular weight excluding hydrogens is 364 g/mol. The largest absolute Gasteiger partial charge is 0.494 e. The first-order valence-corrected chi connectivity index (χ1v) is 10.4. The van der Waals surface area contributed by atoms with Crippen molar-refractivity contribution in [3.05, 3.63) is 47.5 Å². The lowest BCUT2D eigenvalue weighted by Crippen LogP contribution is -2.35. The molecule has 1 fully saturated rings. The van der Waals surface area contributed by atoms with Crippen LogP contribution in [-0.2, 0) is 14.8 Å². The quantitative estimate of drug-likeness (QED) is 0.849. The Hall–Kier alpha value is -2.54. The zero-order chi connectivity index (χ0) is 19.6. The maximum Gasteiger partial charge on any atom is 0.262 e. The number of amides is 1. The third-order valence-electron chi connectivity index (χ3n) is 4.68. The molecule has 144 valence electrons. The fraction of sp³-hybridized carbons (Fsp3) is 0.350. The van der Waals surface area contributed by atoms with Crippen LogP contribution in [0.2, 0.25) is 0 Å². The predicted octanol–water partition coefficient (Wildman–Crippen LogP) is 3.63. The summed E-state index contributed by atoms with van der Waals surface area (Å²) < 4.78 is 33.6. The number of anilines is 2. The van der Waals surface area contributed by atoms with Crippen molar-refractivity contribution in [2.45, 2.75) is 38.0 Å². The molecule has 0 unspecified atom stereocenters. The molecule has 0 radical (unpaired) electrons. The van der Waals surface area contributed by atoms with Crippen molar-refractivity contribution in [2.24, 2.45) is 0 Å². The number of hydrogen-bond donors (Lipinski definition) is 1. The van der Waals surface area contributed by atoms with Crippen molar-refractivity contribution in [3.8, 4) is 5.75 Å². The minimum atomic E-state index is -3.73. The van der Waals surface area contributed by atoms with E-state index in [4.69, 9.17) is 4.74 Å². The van der Waals surface area contributed by atoms with Gasteiger partial charge in [0.25, 0.3) is 10.0 Å². The van der Waals surface area contributed by atoms with E-state index in [1.807, 2.05) is 13.0 Å². The highest BCUT2D eigenvalue weighted by atomic mass is 32.2. The van der Waals surface area contributed by atoms with Crippen LogP contribution in [0.4, 0.5) is 11.4 Å². The second-order valence-corrected chi connectivity index (χ2v) is 8.41. The van der Waals surface area contributed by atoms with Gasteiger partial charge in [-0.25, -0.2) is 8.42 Å². The molecule has 1 amide bonds. The van der Waals surface area contributed by atoms with E-state index in [9.17, 15) is 13.2 Å². The van der Waals surface area contributed by atoms with Crippen molar-refractivity contribution in [3.63, 3.8) is 0 Å².